The molecule has 1 heterocycles. The molecule has 1 saturated heterocycles. The molecule has 3 N–H and O–H groups in total. The zero-order valence-corrected chi connectivity index (χ0v) is 10.5. The zero-order chi connectivity index (χ0) is 13.8. The Balaban J connectivity index is 2.12. The highest BCUT2D eigenvalue weighted by Gasteiger charge is 2.28. The van der Waals surface area contributed by atoms with Gasteiger partial charge in [0.2, 0.25) is 11.8 Å². The van der Waals surface area contributed by atoms with Crippen LogP contribution in [0.4, 0.5) is 5.69 Å². The van der Waals surface area contributed by atoms with Gasteiger partial charge in [0.05, 0.1) is 17.2 Å². The van der Waals surface area contributed by atoms with Gasteiger partial charge in [0.1, 0.15) is 0 Å². The molecule has 0 aromatic heterocycles. The second-order valence-corrected chi connectivity index (χ2v) is 4.32. The van der Waals surface area contributed by atoms with E-state index in [0.29, 0.717) is 17.8 Å². The third-order valence-electron chi connectivity index (χ3n) is 3.00. The van der Waals surface area contributed by atoms with Gasteiger partial charge in [-0.3, -0.25) is 14.4 Å². The molecule has 1 unspecified atom stereocenters. The quantitative estimate of drug-likeness (QED) is 0.722. The Morgan fingerprint density at radius 3 is 2.68 bits per heavy atom. The minimum absolute atomic E-state index is 0.125. The van der Waals surface area contributed by atoms with Gasteiger partial charge in [-0.25, -0.2) is 0 Å². The molecule has 6 nitrogen and oxygen atoms in total. The molecule has 6 heteroatoms. The topological polar surface area (TPSA) is 87.3 Å². The predicted molar refractivity (Wildman–Crippen MR) is 69.6 cm³/mol. The average Bonchev–Trinajstić information content (AvgIpc) is 2.85. The van der Waals surface area contributed by atoms with Crippen molar-refractivity contribution in [1.82, 2.24) is 10.6 Å². The molecule has 19 heavy (non-hydrogen) atoms. The number of carbonyl (C=O) groups is 3. The Labute approximate surface area is 110 Å². The van der Waals surface area contributed by atoms with Crippen molar-refractivity contribution in [1.29, 1.82) is 0 Å². The van der Waals surface area contributed by atoms with Gasteiger partial charge in [0.25, 0.3) is 5.91 Å². The highest BCUT2D eigenvalue weighted by Crippen LogP contribution is 2.18. The number of amides is 3. The lowest BCUT2D eigenvalue weighted by Gasteiger charge is -2.12. The van der Waals surface area contributed by atoms with Crippen molar-refractivity contribution in [2.45, 2.75) is 6.42 Å². The largest absolute Gasteiger partial charge is 0.355 e. The van der Waals surface area contributed by atoms with Crippen molar-refractivity contribution in [3.63, 3.8) is 0 Å². The fraction of sp³-hybridized carbons (Fsp3) is 0.308. The fourth-order valence-electron chi connectivity index (χ4n) is 1.95. The molecule has 0 spiro atoms. The first-order valence-corrected chi connectivity index (χ1v) is 6.00. The Morgan fingerprint density at radius 1 is 1.32 bits per heavy atom. The van der Waals surface area contributed by atoms with Crippen LogP contribution in [0.3, 0.4) is 0 Å². The molecule has 1 aliphatic rings. The first-order chi connectivity index (χ1) is 9.11. The second kappa shape index (κ2) is 5.51. The van der Waals surface area contributed by atoms with Gasteiger partial charge >= 0.3 is 0 Å². The molecule has 1 atom stereocenters. The van der Waals surface area contributed by atoms with Crippen LogP contribution in [0.2, 0.25) is 0 Å². The van der Waals surface area contributed by atoms with Crippen molar-refractivity contribution in [2.75, 3.05) is 18.9 Å². The number of nitrogens with one attached hydrogen (secondary N) is 3. The summed E-state index contributed by atoms with van der Waals surface area (Å²) in [5.41, 5.74) is 0.849. The summed E-state index contributed by atoms with van der Waals surface area (Å²) in [4.78, 5) is 34.7. The number of para-hydroxylation sites is 1. The molecule has 3 amide bonds. The summed E-state index contributed by atoms with van der Waals surface area (Å²) >= 11 is 0. The summed E-state index contributed by atoms with van der Waals surface area (Å²) in [6.07, 6.45) is 0.188. The van der Waals surface area contributed by atoms with E-state index < -0.39 is 0 Å². The lowest BCUT2D eigenvalue weighted by molar-refractivity contribution is -0.123. The van der Waals surface area contributed by atoms with E-state index in [1.165, 1.54) is 7.05 Å². The van der Waals surface area contributed by atoms with E-state index in [2.05, 4.69) is 16.0 Å². The molecule has 100 valence electrons. The molecule has 1 aromatic rings. The Morgan fingerprint density at radius 2 is 2.05 bits per heavy atom. The number of carbonyl (C=O) groups excluding carboxylic acids is 3. The molecule has 1 aromatic carbocycles. The number of hydrogen-bond donors (Lipinski definition) is 3. The van der Waals surface area contributed by atoms with E-state index in [9.17, 15) is 14.4 Å². The number of rotatable bonds is 3. The van der Waals surface area contributed by atoms with Crippen LogP contribution < -0.4 is 16.0 Å². The number of benzene rings is 1. The first-order valence-electron chi connectivity index (χ1n) is 6.00. The molecule has 2 rings (SSSR count). The Bertz CT molecular complexity index is 528. The van der Waals surface area contributed by atoms with Crippen molar-refractivity contribution in [3.8, 4) is 0 Å². The maximum absolute atomic E-state index is 12.0. The minimum atomic E-state index is -0.384. The molecule has 0 bridgehead atoms. The summed E-state index contributed by atoms with van der Waals surface area (Å²) in [5.74, 6) is -1.03. The molecule has 0 radical (unpaired) electrons. The van der Waals surface area contributed by atoms with Crippen LogP contribution in [-0.2, 0) is 9.59 Å². The Hall–Kier alpha value is -2.37. The smallest absolute Gasteiger partial charge is 0.253 e. The number of hydrogen-bond acceptors (Lipinski definition) is 3. The van der Waals surface area contributed by atoms with Crippen molar-refractivity contribution >= 4 is 23.4 Å². The van der Waals surface area contributed by atoms with E-state index in [1.807, 2.05) is 0 Å². The lowest BCUT2D eigenvalue weighted by atomic mass is 10.1. The minimum Gasteiger partial charge on any atom is -0.355 e. The van der Waals surface area contributed by atoms with E-state index in [0.717, 1.165) is 0 Å². The van der Waals surface area contributed by atoms with Crippen molar-refractivity contribution in [2.24, 2.45) is 5.92 Å². The molecule has 0 saturated carbocycles. The van der Waals surface area contributed by atoms with Gasteiger partial charge in [-0.2, -0.15) is 0 Å². The number of anilines is 1. The molecular weight excluding hydrogens is 246 g/mol. The summed E-state index contributed by atoms with van der Waals surface area (Å²) in [6, 6.07) is 6.75. The van der Waals surface area contributed by atoms with Gasteiger partial charge in [-0.15, -0.1) is 0 Å². The van der Waals surface area contributed by atoms with Gasteiger partial charge < -0.3 is 16.0 Å². The third-order valence-corrected chi connectivity index (χ3v) is 3.00. The van der Waals surface area contributed by atoms with E-state index in [-0.39, 0.29) is 30.1 Å². The third kappa shape index (κ3) is 2.90. The summed E-state index contributed by atoms with van der Waals surface area (Å²) in [6.45, 7) is 0.340. The summed E-state index contributed by atoms with van der Waals surface area (Å²) in [5, 5.41) is 7.82. The molecular formula is C13H15N3O3. The first kappa shape index (κ1) is 13.1. The van der Waals surface area contributed by atoms with Gasteiger partial charge in [0.15, 0.2) is 0 Å². The highest BCUT2D eigenvalue weighted by molar-refractivity contribution is 6.05. The van der Waals surface area contributed by atoms with Crippen LogP contribution in [0.5, 0.6) is 0 Å². The highest BCUT2D eigenvalue weighted by atomic mass is 16.2. The Kier molecular flexibility index (Phi) is 3.79. The lowest BCUT2D eigenvalue weighted by Crippen LogP contribution is -2.27. The van der Waals surface area contributed by atoms with E-state index in [1.54, 1.807) is 24.3 Å². The monoisotopic (exact) mass is 261 g/mol. The van der Waals surface area contributed by atoms with Crippen molar-refractivity contribution in [3.05, 3.63) is 29.8 Å². The standard InChI is InChI=1S/C13H15N3O3/c1-14-13(19)9-4-2-3-5-10(9)16-12(18)8-6-11(17)15-7-8/h2-5,8H,6-7H2,1H3,(H,14,19)(H,15,17)(H,16,18). The average molecular weight is 261 g/mol. The SMILES string of the molecule is CNC(=O)c1ccccc1NC(=O)C1CNC(=O)C1. The van der Waals surface area contributed by atoms with Gasteiger partial charge in [-0.1, -0.05) is 12.1 Å². The maximum atomic E-state index is 12.0. The van der Waals surface area contributed by atoms with Crippen molar-refractivity contribution < 1.29 is 14.4 Å². The maximum Gasteiger partial charge on any atom is 0.253 e. The summed E-state index contributed by atoms with van der Waals surface area (Å²) in [7, 11) is 1.53. The van der Waals surface area contributed by atoms with Crippen LogP contribution >= 0.6 is 0 Å². The van der Waals surface area contributed by atoms with Gasteiger partial charge in [0, 0.05) is 20.0 Å². The zero-order valence-electron chi connectivity index (χ0n) is 10.5. The summed E-state index contributed by atoms with van der Waals surface area (Å²) < 4.78 is 0. The predicted octanol–water partition coefficient (Wildman–Crippen LogP) is 0.121. The van der Waals surface area contributed by atoms with Gasteiger partial charge in [-0.05, 0) is 12.1 Å². The van der Waals surface area contributed by atoms with Crippen LogP contribution in [0, 0.1) is 5.92 Å². The van der Waals surface area contributed by atoms with Crippen LogP contribution in [0.15, 0.2) is 24.3 Å². The molecule has 1 aliphatic heterocycles. The van der Waals surface area contributed by atoms with Crippen LogP contribution in [0.1, 0.15) is 16.8 Å². The van der Waals surface area contributed by atoms with Crippen LogP contribution in [-0.4, -0.2) is 31.3 Å². The molecule has 0 aliphatic carbocycles. The molecule has 1 fully saturated rings. The fourth-order valence-corrected chi connectivity index (χ4v) is 1.95. The van der Waals surface area contributed by atoms with E-state index >= 15 is 0 Å². The second-order valence-electron chi connectivity index (χ2n) is 4.32. The van der Waals surface area contributed by atoms with Crippen LogP contribution in [0.25, 0.3) is 0 Å². The van der Waals surface area contributed by atoms with E-state index in [4.69, 9.17) is 0 Å². The normalized spacial score (nSPS) is 17.7.